The van der Waals surface area contributed by atoms with Crippen molar-refractivity contribution < 1.29 is 14.0 Å². The van der Waals surface area contributed by atoms with Gasteiger partial charge in [-0.3, -0.25) is 0 Å². The molecular formula is C18H14BrN3O3. The maximum atomic E-state index is 5.62. The fourth-order valence-electron chi connectivity index (χ4n) is 3.20. The number of fused-ring (bicyclic) bond motifs is 2. The molecule has 0 bridgehead atoms. The molecule has 7 heteroatoms. The molecule has 0 saturated carbocycles. The zero-order valence-electron chi connectivity index (χ0n) is 13.2. The van der Waals surface area contributed by atoms with E-state index in [0.29, 0.717) is 30.8 Å². The molecule has 5 rings (SSSR count). The second kappa shape index (κ2) is 5.77. The predicted molar refractivity (Wildman–Crippen MR) is 95.6 cm³/mol. The number of rotatable bonds is 2. The predicted octanol–water partition coefficient (Wildman–Crippen LogP) is 3.96. The van der Waals surface area contributed by atoms with E-state index in [0.717, 1.165) is 34.4 Å². The summed E-state index contributed by atoms with van der Waals surface area (Å²) >= 11 is 3.52. The van der Waals surface area contributed by atoms with Crippen LogP contribution in [0.1, 0.15) is 5.56 Å². The Bertz CT molecular complexity index is 956. The minimum Gasteiger partial charge on any atom is -0.486 e. The van der Waals surface area contributed by atoms with Crippen LogP contribution < -0.4 is 14.4 Å². The van der Waals surface area contributed by atoms with Gasteiger partial charge in [0.1, 0.15) is 13.2 Å². The molecule has 1 aromatic heterocycles. The van der Waals surface area contributed by atoms with Crippen LogP contribution >= 0.6 is 15.9 Å². The first-order valence-corrected chi connectivity index (χ1v) is 8.87. The van der Waals surface area contributed by atoms with E-state index in [4.69, 9.17) is 14.0 Å². The van der Waals surface area contributed by atoms with Gasteiger partial charge in [-0.25, -0.2) is 0 Å². The van der Waals surface area contributed by atoms with E-state index < -0.39 is 0 Å². The Morgan fingerprint density at radius 3 is 2.80 bits per heavy atom. The fraction of sp³-hybridized carbons (Fsp3) is 0.222. The van der Waals surface area contributed by atoms with Crippen LogP contribution in [0.2, 0.25) is 0 Å². The van der Waals surface area contributed by atoms with Gasteiger partial charge in [-0.05, 0) is 53.5 Å². The number of anilines is 2. The Morgan fingerprint density at radius 1 is 1.00 bits per heavy atom. The Kier molecular flexibility index (Phi) is 3.41. The lowest BCUT2D eigenvalue weighted by atomic mass is 10.2. The molecule has 0 atom stereocenters. The van der Waals surface area contributed by atoms with Crippen LogP contribution in [-0.2, 0) is 6.42 Å². The van der Waals surface area contributed by atoms with Crippen molar-refractivity contribution in [3.8, 4) is 23.0 Å². The SMILES string of the molecule is Brc1ccc2c(c1)CCN2c1noc(-c2ccc3c(c2)OCCO3)n1. The molecule has 126 valence electrons. The number of aromatic nitrogens is 2. The van der Waals surface area contributed by atoms with E-state index in [-0.39, 0.29) is 0 Å². The summed E-state index contributed by atoms with van der Waals surface area (Å²) in [5, 5.41) is 4.16. The van der Waals surface area contributed by atoms with Gasteiger partial charge < -0.3 is 18.9 Å². The third-order valence-corrected chi connectivity index (χ3v) is 4.88. The summed E-state index contributed by atoms with van der Waals surface area (Å²) in [7, 11) is 0. The molecule has 3 aromatic rings. The number of benzene rings is 2. The summed E-state index contributed by atoms with van der Waals surface area (Å²) < 4.78 is 17.7. The van der Waals surface area contributed by atoms with E-state index in [9.17, 15) is 0 Å². The van der Waals surface area contributed by atoms with E-state index in [2.05, 4.69) is 43.1 Å². The molecule has 6 nitrogen and oxygen atoms in total. The molecule has 0 aliphatic carbocycles. The smallest absolute Gasteiger partial charge is 0.270 e. The average Bonchev–Trinajstić information content (AvgIpc) is 3.27. The van der Waals surface area contributed by atoms with E-state index in [1.165, 1.54) is 5.56 Å². The van der Waals surface area contributed by atoms with Gasteiger partial charge in [0, 0.05) is 22.3 Å². The summed E-state index contributed by atoms with van der Waals surface area (Å²) in [6, 6.07) is 11.9. The lowest BCUT2D eigenvalue weighted by Crippen LogP contribution is -2.15. The summed E-state index contributed by atoms with van der Waals surface area (Å²) in [4.78, 5) is 6.65. The largest absolute Gasteiger partial charge is 0.486 e. The Morgan fingerprint density at radius 2 is 1.88 bits per heavy atom. The lowest BCUT2D eigenvalue weighted by molar-refractivity contribution is 0.171. The molecule has 0 radical (unpaired) electrons. The maximum absolute atomic E-state index is 5.62. The quantitative estimate of drug-likeness (QED) is 0.649. The molecule has 0 N–H and O–H groups in total. The second-order valence-electron chi connectivity index (χ2n) is 5.93. The molecule has 25 heavy (non-hydrogen) atoms. The van der Waals surface area contributed by atoms with Crippen LogP contribution in [0, 0.1) is 0 Å². The average molecular weight is 400 g/mol. The van der Waals surface area contributed by atoms with Gasteiger partial charge in [0.05, 0.1) is 0 Å². The van der Waals surface area contributed by atoms with Crippen molar-refractivity contribution in [3.63, 3.8) is 0 Å². The minimum atomic E-state index is 0.470. The molecule has 2 aliphatic heterocycles. The summed E-state index contributed by atoms with van der Waals surface area (Å²) in [6.07, 6.45) is 0.961. The van der Waals surface area contributed by atoms with Crippen molar-refractivity contribution in [1.82, 2.24) is 10.1 Å². The van der Waals surface area contributed by atoms with Gasteiger partial charge in [-0.1, -0.05) is 15.9 Å². The van der Waals surface area contributed by atoms with Gasteiger partial charge >= 0.3 is 0 Å². The zero-order valence-corrected chi connectivity index (χ0v) is 14.8. The zero-order chi connectivity index (χ0) is 16.8. The van der Waals surface area contributed by atoms with Gasteiger partial charge in [-0.2, -0.15) is 4.98 Å². The van der Waals surface area contributed by atoms with Crippen LogP contribution in [0.15, 0.2) is 45.4 Å². The molecule has 0 saturated heterocycles. The van der Waals surface area contributed by atoms with Crippen LogP contribution in [0.3, 0.4) is 0 Å². The Hall–Kier alpha value is -2.54. The number of hydrogen-bond acceptors (Lipinski definition) is 6. The molecule has 0 amide bonds. The minimum absolute atomic E-state index is 0.470. The number of hydrogen-bond donors (Lipinski definition) is 0. The topological polar surface area (TPSA) is 60.6 Å². The number of ether oxygens (including phenoxy) is 2. The van der Waals surface area contributed by atoms with Crippen molar-refractivity contribution in [1.29, 1.82) is 0 Å². The molecule has 2 aliphatic rings. The van der Waals surface area contributed by atoms with Gasteiger partial charge in [0.15, 0.2) is 11.5 Å². The third-order valence-electron chi connectivity index (χ3n) is 4.38. The first-order valence-electron chi connectivity index (χ1n) is 8.08. The van der Waals surface area contributed by atoms with Crippen LogP contribution in [0.4, 0.5) is 11.6 Å². The van der Waals surface area contributed by atoms with E-state index in [1.54, 1.807) is 0 Å². The number of nitrogens with zero attached hydrogens (tertiary/aromatic N) is 3. The van der Waals surface area contributed by atoms with Gasteiger partial charge in [-0.15, -0.1) is 0 Å². The normalized spacial score (nSPS) is 15.3. The molecule has 2 aromatic carbocycles. The molecule has 3 heterocycles. The summed E-state index contributed by atoms with van der Waals surface area (Å²) in [5.74, 6) is 2.50. The van der Waals surface area contributed by atoms with Crippen LogP contribution in [-0.4, -0.2) is 29.9 Å². The molecule has 0 fully saturated rings. The summed E-state index contributed by atoms with van der Waals surface area (Å²) in [5.41, 5.74) is 3.22. The Labute approximate surface area is 152 Å². The monoisotopic (exact) mass is 399 g/mol. The molecule has 0 unspecified atom stereocenters. The van der Waals surface area contributed by atoms with Crippen molar-refractivity contribution in [2.45, 2.75) is 6.42 Å². The molecule has 0 spiro atoms. The van der Waals surface area contributed by atoms with Gasteiger partial charge in [0.2, 0.25) is 0 Å². The Balaban J connectivity index is 1.47. The highest BCUT2D eigenvalue weighted by molar-refractivity contribution is 9.10. The highest BCUT2D eigenvalue weighted by Gasteiger charge is 2.25. The van der Waals surface area contributed by atoms with Crippen molar-refractivity contribution in [2.75, 3.05) is 24.7 Å². The van der Waals surface area contributed by atoms with E-state index >= 15 is 0 Å². The highest BCUT2D eigenvalue weighted by Crippen LogP contribution is 2.37. The highest BCUT2D eigenvalue weighted by atomic mass is 79.9. The summed E-state index contributed by atoms with van der Waals surface area (Å²) in [6.45, 7) is 1.96. The third kappa shape index (κ3) is 2.55. The first kappa shape index (κ1) is 14.8. The maximum Gasteiger partial charge on any atom is 0.270 e. The van der Waals surface area contributed by atoms with Crippen molar-refractivity contribution in [2.24, 2.45) is 0 Å². The fourth-order valence-corrected chi connectivity index (χ4v) is 3.61. The lowest BCUT2D eigenvalue weighted by Gasteiger charge is -2.18. The van der Waals surface area contributed by atoms with Crippen molar-refractivity contribution in [3.05, 3.63) is 46.4 Å². The molecular weight excluding hydrogens is 386 g/mol. The first-order chi connectivity index (χ1) is 12.3. The van der Waals surface area contributed by atoms with Crippen molar-refractivity contribution >= 4 is 27.6 Å². The van der Waals surface area contributed by atoms with Crippen LogP contribution in [0.5, 0.6) is 11.5 Å². The van der Waals surface area contributed by atoms with Gasteiger partial charge in [0.25, 0.3) is 11.8 Å². The van der Waals surface area contributed by atoms with Crippen LogP contribution in [0.25, 0.3) is 11.5 Å². The number of halogens is 1. The second-order valence-corrected chi connectivity index (χ2v) is 6.85. The van der Waals surface area contributed by atoms with E-state index in [1.807, 2.05) is 24.3 Å². The standard InChI is InChI=1S/C18H14BrN3O3/c19-13-2-3-14-11(9-13)5-6-22(14)18-20-17(25-21-18)12-1-4-15-16(10-12)24-8-7-23-15/h1-4,9-10H,5-8H2.